The number of anilines is 2. The summed E-state index contributed by atoms with van der Waals surface area (Å²) < 4.78 is 7.89. The zero-order valence-electron chi connectivity index (χ0n) is 21.4. The molecule has 3 heterocycles. The van der Waals surface area contributed by atoms with Gasteiger partial charge in [-0.25, -0.2) is 9.97 Å². The summed E-state index contributed by atoms with van der Waals surface area (Å²) in [5.74, 6) is 0.667. The van der Waals surface area contributed by atoms with Gasteiger partial charge in [-0.2, -0.15) is 0 Å². The number of carbonyl (C=O) groups is 1. The van der Waals surface area contributed by atoms with Crippen LogP contribution in [0.25, 0.3) is 22.2 Å². The maximum Gasteiger partial charge on any atom is 0.249 e. The quantitative estimate of drug-likeness (QED) is 0.329. The molecule has 3 aromatic heterocycles. The number of rotatable bonds is 7. The van der Waals surface area contributed by atoms with Gasteiger partial charge >= 0.3 is 0 Å². The van der Waals surface area contributed by atoms with Crippen molar-refractivity contribution in [3.63, 3.8) is 0 Å². The highest BCUT2D eigenvalue weighted by atomic mass is 16.5. The van der Waals surface area contributed by atoms with E-state index in [0.717, 1.165) is 53.4 Å². The molecular weight excluding hydrogens is 466 g/mol. The topological polar surface area (TPSA) is 134 Å². The van der Waals surface area contributed by atoms with Gasteiger partial charge in [0.1, 0.15) is 5.75 Å². The minimum atomic E-state index is -0.482. The first kappa shape index (κ1) is 24.7. The number of nitrogens with one attached hydrogen (secondary N) is 1. The summed E-state index contributed by atoms with van der Waals surface area (Å²) in [5, 5.41) is 4.31. The predicted octanol–water partition coefficient (Wildman–Crippen LogP) is 4.91. The fourth-order valence-corrected chi connectivity index (χ4v) is 5.34. The summed E-state index contributed by atoms with van der Waals surface area (Å²) in [6, 6.07) is 7.91. The maximum atomic E-state index is 12.5. The van der Waals surface area contributed by atoms with Crippen molar-refractivity contribution in [2.75, 3.05) is 12.4 Å². The summed E-state index contributed by atoms with van der Waals surface area (Å²) in [6.45, 7) is 4.27. The number of nitrogens with zero attached hydrogens (tertiary/aromatic N) is 4. The van der Waals surface area contributed by atoms with Crippen molar-refractivity contribution < 1.29 is 9.53 Å². The second-order valence-corrected chi connectivity index (χ2v) is 9.95. The normalized spacial score (nSPS) is 17.8. The van der Waals surface area contributed by atoms with Crippen LogP contribution in [0.2, 0.25) is 0 Å². The van der Waals surface area contributed by atoms with E-state index in [2.05, 4.69) is 39.9 Å². The van der Waals surface area contributed by atoms with Crippen molar-refractivity contribution in [2.45, 2.75) is 57.5 Å². The lowest BCUT2D eigenvalue weighted by molar-refractivity contribution is 0.0998. The number of carbonyl (C=O) groups excluding carboxylic acids is 1. The summed E-state index contributed by atoms with van der Waals surface area (Å²) in [4.78, 5) is 26.0. The van der Waals surface area contributed by atoms with Gasteiger partial charge in [0.15, 0.2) is 0 Å². The third-order valence-corrected chi connectivity index (χ3v) is 7.16. The number of aromatic nitrogens is 4. The molecule has 9 heteroatoms. The van der Waals surface area contributed by atoms with Gasteiger partial charge in [-0.3, -0.25) is 9.78 Å². The van der Waals surface area contributed by atoms with Crippen LogP contribution in [0.4, 0.5) is 11.6 Å². The molecule has 0 radical (unpaired) electrons. The highest BCUT2D eigenvalue weighted by Crippen LogP contribution is 2.39. The molecule has 1 saturated carbocycles. The van der Waals surface area contributed by atoms with Crippen LogP contribution in [-0.4, -0.2) is 38.6 Å². The molecule has 2 unspecified atom stereocenters. The zero-order chi connectivity index (χ0) is 26.1. The maximum absolute atomic E-state index is 12.5. The molecule has 5 N–H and O–H groups in total. The van der Waals surface area contributed by atoms with Crippen LogP contribution in [0.15, 0.2) is 49.1 Å². The third kappa shape index (κ3) is 4.86. The van der Waals surface area contributed by atoms with Gasteiger partial charge < -0.3 is 26.1 Å². The van der Waals surface area contributed by atoms with E-state index in [1.54, 1.807) is 25.6 Å². The fourth-order valence-electron chi connectivity index (χ4n) is 5.34. The monoisotopic (exact) mass is 499 g/mol. The third-order valence-electron chi connectivity index (χ3n) is 7.16. The van der Waals surface area contributed by atoms with Gasteiger partial charge in [-0.15, -0.1) is 0 Å². The van der Waals surface area contributed by atoms with Crippen molar-refractivity contribution in [3.8, 4) is 17.0 Å². The number of pyridine rings is 1. The summed E-state index contributed by atoms with van der Waals surface area (Å²) >= 11 is 0. The molecule has 1 fully saturated rings. The molecule has 4 aromatic rings. The van der Waals surface area contributed by atoms with Crippen molar-refractivity contribution >= 4 is 28.4 Å². The standard InChI is InChI=1S/C28H33N7O2/c1-16(2)35-15-22(19-7-9-31-14-25(19)35)23-8-10-32-28(33-23)34-24-12-21(27(30)36)20(13-26(24)37-3)17-5-4-6-18(29)11-17/h7-10,12-18H,4-6,11,29H2,1-3H3,(H2,30,36)(H,32,33,34). The Balaban J connectivity index is 1.52. The molecule has 0 saturated heterocycles. The largest absolute Gasteiger partial charge is 0.495 e. The molecule has 1 aliphatic rings. The molecule has 5 rings (SSSR count). The van der Waals surface area contributed by atoms with Crippen LogP contribution in [0.5, 0.6) is 5.75 Å². The minimum absolute atomic E-state index is 0.122. The molecule has 0 spiro atoms. The van der Waals surface area contributed by atoms with Crippen LogP contribution in [0.1, 0.15) is 67.4 Å². The van der Waals surface area contributed by atoms with Crippen molar-refractivity contribution in [2.24, 2.45) is 11.5 Å². The van der Waals surface area contributed by atoms with E-state index < -0.39 is 5.91 Å². The number of hydrogen-bond acceptors (Lipinski definition) is 7. The van der Waals surface area contributed by atoms with Gasteiger partial charge in [0, 0.05) is 47.2 Å². The van der Waals surface area contributed by atoms with E-state index in [9.17, 15) is 4.79 Å². The Labute approximate surface area is 216 Å². The lowest BCUT2D eigenvalue weighted by Crippen LogP contribution is -2.28. The molecule has 37 heavy (non-hydrogen) atoms. The number of methoxy groups -OCH3 is 1. The number of nitrogens with two attached hydrogens (primary N) is 2. The lowest BCUT2D eigenvalue weighted by atomic mass is 9.79. The number of amides is 1. The molecule has 0 aliphatic heterocycles. The van der Waals surface area contributed by atoms with E-state index in [1.165, 1.54) is 0 Å². The molecule has 1 aliphatic carbocycles. The van der Waals surface area contributed by atoms with Gasteiger partial charge in [-0.1, -0.05) is 6.42 Å². The fraction of sp³-hybridized carbons (Fsp3) is 0.357. The number of benzene rings is 1. The number of ether oxygens (including phenoxy) is 1. The summed E-state index contributed by atoms with van der Waals surface area (Å²) in [7, 11) is 1.60. The average Bonchev–Trinajstić information content (AvgIpc) is 3.29. The smallest absolute Gasteiger partial charge is 0.249 e. The Kier molecular flexibility index (Phi) is 6.80. The molecule has 9 nitrogen and oxygen atoms in total. The molecule has 192 valence electrons. The van der Waals surface area contributed by atoms with E-state index in [4.69, 9.17) is 21.2 Å². The van der Waals surface area contributed by atoms with Crippen LogP contribution in [0.3, 0.4) is 0 Å². The van der Waals surface area contributed by atoms with Crippen LogP contribution in [-0.2, 0) is 0 Å². The zero-order valence-corrected chi connectivity index (χ0v) is 21.4. The molecule has 2 atom stereocenters. The molecule has 1 aromatic carbocycles. The van der Waals surface area contributed by atoms with Crippen LogP contribution in [0, 0.1) is 0 Å². The highest BCUT2D eigenvalue weighted by Gasteiger charge is 2.26. The Morgan fingerprint density at radius 3 is 2.78 bits per heavy atom. The Morgan fingerprint density at radius 2 is 2.05 bits per heavy atom. The van der Waals surface area contributed by atoms with E-state index >= 15 is 0 Å². The van der Waals surface area contributed by atoms with Gasteiger partial charge in [0.05, 0.1) is 30.2 Å². The van der Waals surface area contributed by atoms with Gasteiger partial charge in [0.25, 0.3) is 0 Å². The minimum Gasteiger partial charge on any atom is -0.495 e. The predicted molar refractivity (Wildman–Crippen MR) is 145 cm³/mol. The van der Waals surface area contributed by atoms with Gasteiger partial charge in [0.2, 0.25) is 11.9 Å². The molecule has 1 amide bonds. The van der Waals surface area contributed by atoms with Crippen LogP contribution >= 0.6 is 0 Å². The number of hydrogen-bond donors (Lipinski definition) is 3. The lowest BCUT2D eigenvalue weighted by Gasteiger charge is -2.28. The first-order chi connectivity index (χ1) is 17.9. The Hall–Kier alpha value is -3.98. The Morgan fingerprint density at radius 1 is 1.22 bits per heavy atom. The number of primary amides is 1. The van der Waals surface area contributed by atoms with Crippen molar-refractivity contribution in [1.82, 2.24) is 19.5 Å². The van der Waals surface area contributed by atoms with Crippen LogP contribution < -0.4 is 21.5 Å². The van der Waals surface area contributed by atoms with Crippen molar-refractivity contribution in [1.29, 1.82) is 0 Å². The highest BCUT2D eigenvalue weighted by molar-refractivity contribution is 5.97. The van der Waals surface area contributed by atoms with E-state index in [1.807, 2.05) is 24.4 Å². The first-order valence-electron chi connectivity index (χ1n) is 12.7. The molecular formula is C28H33N7O2. The van der Waals surface area contributed by atoms with E-state index in [-0.39, 0.29) is 18.0 Å². The number of fused-ring (bicyclic) bond motifs is 1. The molecule has 0 bridgehead atoms. The second kappa shape index (κ2) is 10.2. The SMILES string of the molecule is COc1cc(C2CCCC(N)C2)c(C(N)=O)cc1Nc1nccc(-c2cn(C(C)C)c3cnccc23)n1. The average molecular weight is 500 g/mol. The summed E-state index contributed by atoms with van der Waals surface area (Å²) in [6.07, 6.45) is 11.3. The van der Waals surface area contributed by atoms with E-state index in [0.29, 0.717) is 22.9 Å². The van der Waals surface area contributed by atoms with Crippen molar-refractivity contribution in [3.05, 3.63) is 60.2 Å². The second-order valence-electron chi connectivity index (χ2n) is 9.95. The Bertz CT molecular complexity index is 1450. The first-order valence-corrected chi connectivity index (χ1v) is 12.7. The van der Waals surface area contributed by atoms with Gasteiger partial charge in [-0.05, 0) is 68.9 Å². The summed E-state index contributed by atoms with van der Waals surface area (Å²) in [5.41, 5.74) is 16.8.